The van der Waals surface area contributed by atoms with E-state index in [1.807, 2.05) is 42.5 Å². The lowest BCUT2D eigenvalue weighted by Crippen LogP contribution is -2.45. The number of hydrogen-bond acceptors (Lipinski definition) is 5. The molecule has 2 atom stereocenters. The van der Waals surface area contributed by atoms with E-state index in [-0.39, 0.29) is 12.3 Å². The monoisotopic (exact) mass is 569 g/mol. The van der Waals surface area contributed by atoms with Crippen molar-refractivity contribution in [1.29, 1.82) is 0 Å². The van der Waals surface area contributed by atoms with Crippen LogP contribution < -0.4 is 10.6 Å². The number of rotatable bonds is 4. The molecule has 0 bridgehead atoms. The molecule has 0 spiro atoms. The highest BCUT2D eigenvalue weighted by molar-refractivity contribution is 6.11. The highest BCUT2D eigenvalue weighted by Gasteiger charge is 2.28. The molecule has 0 radical (unpaired) electrons. The van der Waals surface area contributed by atoms with E-state index in [1.165, 1.54) is 0 Å². The van der Waals surface area contributed by atoms with Crippen molar-refractivity contribution in [3.05, 3.63) is 156 Å². The lowest BCUT2D eigenvalue weighted by atomic mass is 9.99. The van der Waals surface area contributed by atoms with Crippen LogP contribution >= 0.6 is 0 Å². The number of amidine groups is 1. The zero-order valence-corrected chi connectivity index (χ0v) is 23.7. The molecule has 3 heterocycles. The van der Waals surface area contributed by atoms with Crippen LogP contribution in [0.5, 0.6) is 0 Å². The molecule has 1 aliphatic heterocycles. The van der Waals surface area contributed by atoms with Crippen LogP contribution in [-0.4, -0.2) is 5.84 Å². The van der Waals surface area contributed by atoms with Gasteiger partial charge in [-0.15, -0.1) is 0 Å². The van der Waals surface area contributed by atoms with Gasteiger partial charge in [-0.2, -0.15) is 0 Å². The fraction of sp³-hybridized carbons (Fsp3) is 0.0513. The first-order valence-electron chi connectivity index (χ1n) is 14.9. The van der Waals surface area contributed by atoms with E-state index in [2.05, 4.69) is 108 Å². The van der Waals surface area contributed by atoms with Gasteiger partial charge in [0.25, 0.3) is 0 Å². The van der Waals surface area contributed by atoms with Crippen LogP contribution in [0.2, 0.25) is 0 Å². The molecule has 5 heteroatoms. The summed E-state index contributed by atoms with van der Waals surface area (Å²) in [4.78, 5) is 5.17. The topological polar surface area (TPSA) is 62.7 Å². The van der Waals surface area contributed by atoms with Crippen molar-refractivity contribution in [3.63, 3.8) is 0 Å². The van der Waals surface area contributed by atoms with E-state index in [9.17, 15) is 0 Å². The number of nitrogens with zero attached hydrogens (tertiary/aromatic N) is 1. The highest BCUT2D eigenvalue weighted by Crippen LogP contribution is 2.40. The molecule has 2 aromatic heterocycles. The minimum absolute atomic E-state index is 0.232. The summed E-state index contributed by atoms with van der Waals surface area (Å²) in [6.07, 6.45) is -0.536. The molecule has 6 aromatic carbocycles. The molecule has 0 amide bonds. The average molecular weight is 570 g/mol. The summed E-state index contributed by atoms with van der Waals surface area (Å²) in [7, 11) is 0. The molecule has 2 N–H and O–H groups in total. The average Bonchev–Trinajstić information content (AvgIpc) is 3.67. The van der Waals surface area contributed by atoms with E-state index in [0.29, 0.717) is 0 Å². The van der Waals surface area contributed by atoms with Crippen LogP contribution in [0.1, 0.15) is 29.0 Å². The Morgan fingerprint density at radius 1 is 0.545 bits per heavy atom. The minimum Gasteiger partial charge on any atom is -0.456 e. The van der Waals surface area contributed by atoms with Gasteiger partial charge in [-0.05, 0) is 29.3 Å². The van der Waals surface area contributed by atoms with Gasteiger partial charge < -0.3 is 14.2 Å². The van der Waals surface area contributed by atoms with E-state index in [1.54, 1.807) is 0 Å². The first-order valence-corrected chi connectivity index (χ1v) is 14.9. The van der Waals surface area contributed by atoms with Crippen LogP contribution in [0, 0.1) is 0 Å². The summed E-state index contributed by atoms with van der Waals surface area (Å²) in [5, 5.41) is 11.9. The predicted molar refractivity (Wildman–Crippen MR) is 178 cm³/mol. The Kier molecular flexibility index (Phi) is 5.64. The second kappa shape index (κ2) is 9.97. The van der Waals surface area contributed by atoms with Crippen LogP contribution in [0.3, 0.4) is 0 Å². The summed E-state index contributed by atoms with van der Waals surface area (Å²) in [5.41, 5.74) is 8.87. The molecule has 2 unspecified atom stereocenters. The highest BCUT2D eigenvalue weighted by atomic mass is 16.3. The number of nitrogens with one attached hydrogen (secondary N) is 2. The van der Waals surface area contributed by atoms with Crippen molar-refractivity contribution < 1.29 is 8.83 Å². The van der Waals surface area contributed by atoms with Crippen LogP contribution in [-0.2, 0) is 0 Å². The van der Waals surface area contributed by atoms with Gasteiger partial charge in [0.05, 0.1) is 0 Å². The minimum atomic E-state index is -0.303. The summed E-state index contributed by atoms with van der Waals surface area (Å²) >= 11 is 0. The number of para-hydroxylation sites is 2. The lowest BCUT2D eigenvalue weighted by molar-refractivity contribution is 0.411. The maximum absolute atomic E-state index is 6.57. The summed E-state index contributed by atoms with van der Waals surface area (Å²) in [6, 6.07) is 47.9. The zero-order chi connectivity index (χ0) is 29.0. The van der Waals surface area contributed by atoms with Gasteiger partial charge >= 0.3 is 0 Å². The van der Waals surface area contributed by atoms with Gasteiger partial charge in [0.2, 0.25) is 0 Å². The number of aliphatic imine (C=N–C) groups is 1. The maximum atomic E-state index is 6.57. The van der Waals surface area contributed by atoms with Gasteiger partial charge in [-0.1, -0.05) is 121 Å². The Morgan fingerprint density at radius 3 is 2.11 bits per heavy atom. The molecule has 0 saturated carbocycles. The summed E-state index contributed by atoms with van der Waals surface area (Å²) in [5.74, 6) is 0.832. The number of furan rings is 2. The smallest absolute Gasteiger partial charge is 0.143 e. The number of benzene rings is 6. The standard InChI is InChI=1S/C39H27N3O2/c1-3-11-24(12-4-1)27-16-9-17-30-35-31(18-10-20-33(35)44-36(27)30)39-41-37(25-13-5-2-6-14-25)40-38(42-39)26-21-22-29-28-15-7-8-19-32(28)43-34(29)23-26/h1-23,38-39,42H,(H,40,41). The van der Waals surface area contributed by atoms with Crippen LogP contribution in [0.15, 0.2) is 153 Å². The lowest BCUT2D eigenvalue weighted by Gasteiger charge is -2.32. The molecule has 9 rings (SSSR count). The third-order valence-corrected chi connectivity index (χ3v) is 8.58. The Labute approximate surface area is 253 Å². The van der Waals surface area contributed by atoms with Crippen molar-refractivity contribution in [2.75, 3.05) is 0 Å². The Balaban J connectivity index is 1.19. The van der Waals surface area contributed by atoms with E-state index < -0.39 is 0 Å². The Hall–Kier alpha value is -5.65. The molecule has 0 saturated heterocycles. The van der Waals surface area contributed by atoms with Gasteiger partial charge in [0, 0.05) is 38.2 Å². The molecule has 210 valence electrons. The molecule has 44 heavy (non-hydrogen) atoms. The van der Waals surface area contributed by atoms with Crippen molar-refractivity contribution in [3.8, 4) is 11.1 Å². The molecular weight excluding hydrogens is 542 g/mol. The predicted octanol–water partition coefficient (Wildman–Crippen LogP) is 9.49. The van der Waals surface area contributed by atoms with E-state index in [4.69, 9.17) is 13.8 Å². The number of hydrogen-bond donors (Lipinski definition) is 2. The van der Waals surface area contributed by atoms with Crippen molar-refractivity contribution in [2.24, 2.45) is 4.99 Å². The Morgan fingerprint density at radius 2 is 1.25 bits per heavy atom. The normalized spacial score (nSPS) is 16.9. The van der Waals surface area contributed by atoms with Gasteiger partial charge in [-0.25, -0.2) is 4.99 Å². The third kappa shape index (κ3) is 4.02. The zero-order valence-electron chi connectivity index (χ0n) is 23.7. The first-order chi connectivity index (χ1) is 21.8. The third-order valence-electron chi connectivity index (χ3n) is 8.58. The summed E-state index contributed by atoms with van der Waals surface area (Å²) in [6.45, 7) is 0. The summed E-state index contributed by atoms with van der Waals surface area (Å²) < 4.78 is 12.8. The largest absolute Gasteiger partial charge is 0.456 e. The molecule has 0 aliphatic carbocycles. The van der Waals surface area contributed by atoms with Crippen LogP contribution in [0.25, 0.3) is 55.0 Å². The SMILES string of the molecule is c1ccc(C2=NC(c3ccc4c(c3)oc3ccccc34)NC(c3cccc4oc5c(-c6ccccc6)cccc5c34)N2)cc1. The molecule has 1 aliphatic rings. The second-order valence-electron chi connectivity index (χ2n) is 11.2. The quantitative estimate of drug-likeness (QED) is 0.222. The fourth-order valence-electron chi connectivity index (χ4n) is 6.51. The Bertz CT molecular complexity index is 2350. The molecule has 5 nitrogen and oxygen atoms in total. The van der Waals surface area contributed by atoms with Crippen LogP contribution in [0.4, 0.5) is 0 Å². The molecule has 8 aromatic rings. The van der Waals surface area contributed by atoms with Crippen molar-refractivity contribution >= 4 is 49.7 Å². The van der Waals surface area contributed by atoms with E-state index in [0.717, 1.165) is 77.5 Å². The second-order valence-corrected chi connectivity index (χ2v) is 11.2. The maximum Gasteiger partial charge on any atom is 0.143 e. The van der Waals surface area contributed by atoms with E-state index >= 15 is 0 Å². The van der Waals surface area contributed by atoms with Gasteiger partial charge in [-0.3, -0.25) is 5.32 Å². The number of fused-ring (bicyclic) bond motifs is 6. The van der Waals surface area contributed by atoms with Crippen molar-refractivity contribution in [2.45, 2.75) is 12.3 Å². The van der Waals surface area contributed by atoms with Gasteiger partial charge in [0.15, 0.2) is 0 Å². The molecular formula is C39H27N3O2. The first kappa shape index (κ1) is 24.9. The fourth-order valence-corrected chi connectivity index (χ4v) is 6.51. The molecule has 0 fully saturated rings. The van der Waals surface area contributed by atoms with Crippen molar-refractivity contribution in [1.82, 2.24) is 10.6 Å². The van der Waals surface area contributed by atoms with Gasteiger partial charge in [0.1, 0.15) is 40.5 Å².